The number of hydrogen-bond donors (Lipinski definition) is 1. The van der Waals surface area contributed by atoms with E-state index in [4.69, 9.17) is 5.73 Å². The van der Waals surface area contributed by atoms with Crippen LogP contribution in [0.3, 0.4) is 0 Å². The van der Waals surface area contributed by atoms with Gasteiger partial charge in [-0.05, 0) is 31.5 Å². The van der Waals surface area contributed by atoms with E-state index in [9.17, 15) is 0 Å². The molecule has 0 bridgehead atoms. The fourth-order valence-corrected chi connectivity index (χ4v) is 2.17. The van der Waals surface area contributed by atoms with Crippen LogP contribution >= 0.6 is 0 Å². The molecule has 1 aromatic rings. The van der Waals surface area contributed by atoms with E-state index in [-0.39, 0.29) is 0 Å². The highest BCUT2D eigenvalue weighted by Crippen LogP contribution is 2.28. The van der Waals surface area contributed by atoms with Crippen LogP contribution < -0.4 is 5.73 Å². The highest BCUT2D eigenvalue weighted by Gasteiger charge is 2.24. The number of rotatable bonds is 1. The molecule has 1 aromatic heterocycles. The summed E-state index contributed by atoms with van der Waals surface area (Å²) in [6, 6.07) is 4.99. The maximum atomic E-state index is 5.91. The van der Waals surface area contributed by atoms with E-state index in [0.717, 1.165) is 19.4 Å². The Morgan fingerprint density at radius 3 is 3.00 bits per heavy atom. The lowest BCUT2D eigenvalue weighted by Gasteiger charge is -2.35. The number of aromatic nitrogens is 1. The van der Waals surface area contributed by atoms with Gasteiger partial charge in [-0.2, -0.15) is 0 Å². The second-order valence-corrected chi connectivity index (χ2v) is 4.08. The number of nitrogens with two attached hydrogens (primary N) is 1. The summed E-state index contributed by atoms with van der Waals surface area (Å²) in [7, 11) is 2.14. The summed E-state index contributed by atoms with van der Waals surface area (Å²) in [4.78, 5) is 6.48. The molecule has 76 valence electrons. The summed E-state index contributed by atoms with van der Waals surface area (Å²) in [6.07, 6.45) is 6.03. The maximum absolute atomic E-state index is 5.91. The molecule has 3 heteroatoms. The van der Waals surface area contributed by atoms with E-state index >= 15 is 0 Å². The first-order valence-electron chi connectivity index (χ1n) is 5.13. The lowest BCUT2D eigenvalue weighted by molar-refractivity contribution is 0.169. The molecule has 1 aliphatic rings. The van der Waals surface area contributed by atoms with Gasteiger partial charge in [-0.25, -0.2) is 0 Å². The van der Waals surface area contributed by atoms with E-state index in [1.807, 2.05) is 18.5 Å². The number of likely N-dealkylation sites (N-methyl/N-ethyl adjacent to an activating group) is 1. The minimum Gasteiger partial charge on any atom is -0.327 e. The van der Waals surface area contributed by atoms with Crippen molar-refractivity contribution in [3.05, 3.63) is 30.1 Å². The zero-order chi connectivity index (χ0) is 9.97. The second kappa shape index (κ2) is 4.07. The Kier molecular flexibility index (Phi) is 2.79. The van der Waals surface area contributed by atoms with E-state index in [2.05, 4.69) is 23.0 Å². The molecule has 0 aromatic carbocycles. The summed E-state index contributed by atoms with van der Waals surface area (Å²) in [5.41, 5.74) is 7.22. The van der Waals surface area contributed by atoms with E-state index < -0.39 is 0 Å². The van der Waals surface area contributed by atoms with Crippen molar-refractivity contribution in [1.82, 2.24) is 9.88 Å². The summed E-state index contributed by atoms with van der Waals surface area (Å²) in [5.74, 6) is 0. The van der Waals surface area contributed by atoms with Crippen LogP contribution in [-0.4, -0.2) is 29.5 Å². The number of likely N-dealkylation sites (tertiary alicyclic amines) is 1. The van der Waals surface area contributed by atoms with Gasteiger partial charge in [-0.3, -0.25) is 9.88 Å². The Balaban J connectivity index is 2.12. The van der Waals surface area contributed by atoms with Crippen molar-refractivity contribution in [1.29, 1.82) is 0 Å². The molecule has 0 saturated carbocycles. The van der Waals surface area contributed by atoms with Gasteiger partial charge in [0.1, 0.15) is 0 Å². The predicted molar refractivity (Wildman–Crippen MR) is 56.8 cm³/mol. The van der Waals surface area contributed by atoms with Gasteiger partial charge in [0.05, 0.1) is 0 Å². The van der Waals surface area contributed by atoms with Gasteiger partial charge in [-0.15, -0.1) is 0 Å². The van der Waals surface area contributed by atoms with E-state index in [1.54, 1.807) is 0 Å². The van der Waals surface area contributed by atoms with Crippen LogP contribution in [0.2, 0.25) is 0 Å². The third kappa shape index (κ3) is 1.94. The minimum atomic E-state index is 0.341. The van der Waals surface area contributed by atoms with Gasteiger partial charge in [0, 0.05) is 31.0 Å². The Hall–Kier alpha value is -0.930. The third-order valence-corrected chi connectivity index (χ3v) is 2.93. The van der Waals surface area contributed by atoms with E-state index in [0.29, 0.717) is 12.1 Å². The SMILES string of the molecule is CN1CC(N)CCC1c1cccnc1. The molecule has 2 heterocycles. The summed E-state index contributed by atoms with van der Waals surface area (Å²) < 4.78 is 0. The van der Waals surface area contributed by atoms with Crippen LogP contribution in [0.15, 0.2) is 24.5 Å². The molecule has 0 amide bonds. The lowest BCUT2D eigenvalue weighted by atomic mass is 9.95. The molecule has 0 radical (unpaired) electrons. The zero-order valence-corrected chi connectivity index (χ0v) is 8.56. The zero-order valence-electron chi connectivity index (χ0n) is 8.56. The Bertz CT molecular complexity index is 286. The van der Waals surface area contributed by atoms with Crippen LogP contribution in [0.1, 0.15) is 24.4 Å². The largest absolute Gasteiger partial charge is 0.327 e. The molecule has 0 aliphatic carbocycles. The van der Waals surface area contributed by atoms with Gasteiger partial charge in [0.15, 0.2) is 0 Å². The monoisotopic (exact) mass is 191 g/mol. The van der Waals surface area contributed by atoms with Gasteiger partial charge in [0.25, 0.3) is 0 Å². The Labute approximate surface area is 84.9 Å². The highest BCUT2D eigenvalue weighted by molar-refractivity contribution is 5.14. The quantitative estimate of drug-likeness (QED) is 0.724. The molecule has 0 spiro atoms. The van der Waals surface area contributed by atoms with Gasteiger partial charge >= 0.3 is 0 Å². The molecule has 2 rings (SSSR count). The molecule has 3 nitrogen and oxygen atoms in total. The van der Waals surface area contributed by atoms with Gasteiger partial charge < -0.3 is 5.73 Å². The fourth-order valence-electron chi connectivity index (χ4n) is 2.17. The topological polar surface area (TPSA) is 42.1 Å². The first-order valence-corrected chi connectivity index (χ1v) is 5.13. The molecule has 2 unspecified atom stereocenters. The fraction of sp³-hybridized carbons (Fsp3) is 0.545. The highest BCUT2D eigenvalue weighted by atomic mass is 15.2. The van der Waals surface area contributed by atoms with Crippen molar-refractivity contribution in [2.24, 2.45) is 5.73 Å². The van der Waals surface area contributed by atoms with Crippen LogP contribution in [-0.2, 0) is 0 Å². The maximum Gasteiger partial charge on any atom is 0.0361 e. The average molecular weight is 191 g/mol. The number of piperidine rings is 1. The van der Waals surface area contributed by atoms with Crippen molar-refractivity contribution in [3.8, 4) is 0 Å². The molecular formula is C11H17N3. The molecule has 14 heavy (non-hydrogen) atoms. The number of nitrogens with zero attached hydrogens (tertiary/aromatic N) is 2. The summed E-state index contributed by atoms with van der Waals surface area (Å²) in [6.45, 7) is 0.986. The second-order valence-electron chi connectivity index (χ2n) is 4.08. The molecule has 1 fully saturated rings. The smallest absolute Gasteiger partial charge is 0.0361 e. The minimum absolute atomic E-state index is 0.341. The molecule has 2 N–H and O–H groups in total. The Morgan fingerprint density at radius 2 is 2.36 bits per heavy atom. The summed E-state index contributed by atoms with van der Waals surface area (Å²) >= 11 is 0. The van der Waals surface area contributed by atoms with Crippen molar-refractivity contribution < 1.29 is 0 Å². The van der Waals surface area contributed by atoms with Crippen LogP contribution in [0.25, 0.3) is 0 Å². The number of hydrogen-bond acceptors (Lipinski definition) is 3. The van der Waals surface area contributed by atoms with Crippen molar-refractivity contribution in [3.63, 3.8) is 0 Å². The van der Waals surface area contributed by atoms with Crippen LogP contribution in [0, 0.1) is 0 Å². The lowest BCUT2D eigenvalue weighted by Crippen LogP contribution is -2.42. The standard InChI is InChI=1S/C11H17N3/c1-14-8-10(12)4-5-11(14)9-3-2-6-13-7-9/h2-3,6-7,10-11H,4-5,8,12H2,1H3. The van der Waals surface area contributed by atoms with Gasteiger partial charge in [0.2, 0.25) is 0 Å². The number of pyridine rings is 1. The average Bonchev–Trinajstić information content (AvgIpc) is 2.19. The molecule has 2 atom stereocenters. The Morgan fingerprint density at radius 1 is 1.50 bits per heavy atom. The first-order chi connectivity index (χ1) is 6.77. The van der Waals surface area contributed by atoms with Gasteiger partial charge in [-0.1, -0.05) is 6.07 Å². The van der Waals surface area contributed by atoms with Crippen molar-refractivity contribution >= 4 is 0 Å². The van der Waals surface area contributed by atoms with Crippen LogP contribution in [0.4, 0.5) is 0 Å². The molecular weight excluding hydrogens is 174 g/mol. The predicted octanol–water partition coefficient (Wildman–Crippen LogP) is 1.18. The normalized spacial score (nSPS) is 29.0. The molecule has 1 saturated heterocycles. The van der Waals surface area contributed by atoms with Crippen molar-refractivity contribution in [2.75, 3.05) is 13.6 Å². The van der Waals surface area contributed by atoms with Crippen LogP contribution in [0.5, 0.6) is 0 Å². The summed E-state index contributed by atoms with van der Waals surface area (Å²) in [5, 5.41) is 0. The van der Waals surface area contributed by atoms with Crippen molar-refractivity contribution in [2.45, 2.75) is 24.9 Å². The first kappa shape index (κ1) is 9.62. The third-order valence-electron chi connectivity index (χ3n) is 2.93. The van der Waals surface area contributed by atoms with E-state index in [1.165, 1.54) is 5.56 Å². The molecule has 1 aliphatic heterocycles.